The average molecular weight is 346 g/mol. The van der Waals surface area contributed by atoms with Crippen LogP contribution in [0.25, 0.3) is 0 Å². The summed E-state index contributed by atoms with van der Waals surface area (Å²) >= 11 is 15.3. The molecule has 0 fully saturated rings. The summed E-state index contributed by atoms with van der Waals surface area (Å²) in [5.41, 5.74) is 1.75. The Morgan fingerprint density at radius 1 is 1.06 bits per heavy atom. The Balaban J connectivity index is 2.16. The SMILES string of the molecule is OC(Cc1ccc(Br)cc1)c1ccc(Cl)cc1Cl. The van der Waals surface area contributed by atoms with Crippen molar-refractivity contribution in [3.8, 4) is 0 Å². The van der Waals surface area contributed by atoms with Crippen LogP contribution in [0.4, 0.5) is 0 Å². The standard InChI is InChI=1S/C14H11BrCl2O/c15-10-3-1-9(2-4-10)7-14(18)12-6-5-11(16)8-13(12)17/h1-6,8,14,18H,7H2. The smallest absolute Gasteiger partial charge is 0.0844 e. The number of hydrogen-bond donors (Lipinski definition) is 1. The van der Waals surface area contributed by atoms with Crippen molar-refractivity contribution in [3.63, 3.8) is 0 Å². The van der Waals surface area contributed by atoms with Crippen LogP contribution in [0.15, 0.2) is 46.9 Å². The Hall–Kier alpha value is -0.540. The summed E-state index contributed by atoms with van der Waals surface area (Å²) in [6, 6.07) is 13.0. The van der Waals surface area contributed by atoms with Gasteiger partial charge < -0.3 is 5.11 Å². The van der Waals surface area contributed by atoms with Crippen molar-refractivity contribution in [2.75, 3.05) is 0 Å². The van der Waals surface area contributed by atoms with E-state index in [-0.39, 0.29) is 0 Å². The summed E-state index contributed by atoms with van der Waals surface area (Å²) in [6.07, 6.45) is -0.106. The minimum atomic E-state index is -0.629. The molecule has 0 aromatic heterocycles. The number of aliphatic hydroxyl groups is 1. The maximum absolute atomic E-state index is 10.2. The lowest BCUT2D eigenvalue weighted by atomic mass is 10.0. The molecule has 18 heavy (non-hydrogen) atoms. The highest BCUT2D eigenvalue weighted by atomic mass is 79.9. The van der Waals surface area contributed by atoms with Crippen LogP contribution in [0.1, 0.15) is 17.2 Å². The van der Waals surface area contributed by atoms with Crippen LogP contribution in [-0.4, -0.2) is 5.11 Å². The van der Waals surface area contributed by atoms with Gasteiger partial charge in [-0.3, -0.25) is 0 Å². The van der Waals surface area contributed by atoms with Gasteiger partial charge in [0.15, 0.2) is 0 Å². The van der Waals surface area contributed by atoms with Crippen molar-refractivity contribution in [2.45, 2.75) is 12.5 Å². The lowest BCUT2D eigenvalue weighted by molar-refractivity contribution is 0.178. The van der Waals surface area contributed by atoms with Gasteiger partial charge in [-0.1, -0.05) is 57.3 Å². The molecule has 1 nitrogen and oxygen atoms in total. The van der Waals surface area contributed by atoms with Gasteiger partial charge >= 0.3 is 0 Å². The number of benzene rings is 2. The molecule has 1 unspecified atom stereocenters. The molecule has 94 valence electrons. The van der Waals surface area contributed by atoms with E-state index in [2.05, 4.69) is 15.9 Å². The Morgan fingerprint density at radius 3 is 2.33 bits per heavy atom. The van der Waals surface area contributed by atoms with Gasteiger partial charge in [0.2, 0.25) is 0 Å². The molecule has 0 aliphatic carbocycles. The first-order valence-corrected chi connectivity index (χ1v) is 6.98. The Morgan fingerprint density at radius 2 is 1.72 bits per heavy atom. The van der Waals surface area contributed by atoms with E-state index >= 15 is 0 Å². The third-order valence-corrected chi connectivity index (χ3v) is 3.75. The van der Waals surface area contributed by atoms with Crippen LogP contribution in [0.3, 0.4) is 0 Å². The maximum atomic E-state index is 10.2. The second-order valence-electron chi connectivity index (χ2n) is 4.01. The summed E-state index contributed by atoms with van der Waals surface area (Å²) in [7, 11) is 0. The molecule has 0 radical (unpaired) electrons. The highest BCUT2D eigenvalue weighted by molar-refractivity contribution is 9.10. The van der Waals surface area contributed by atoms with Gasteiger partial charge in [-0.25, -0.2) is 0 Å². The van der Waals surface area contributed by atoms with Crippen LogP contribution < -0.4 is 0 Å². The highest BCUT2D eigenvalue weighted by Crippen LogP contribution is 2.28. The van der Waals surface area contributed by atoms with Crippen LogP contribution in [0.2, 0.25) is 10.0 Å². The molecule has 0 aliphatic heterocycles. The predicted molar refractivity (Wildman–Crippen MR) is 79.3 cm³/mol. The van der Waals surface area contributed by atoms with Gasteiger partial charge in [0.25, 0.3) is 0 Å². The highest BCUT2D eigenvalue weighted by Gasteiger charge is 2.12. The maximum Gasteiger partial charge on any atom is 0.0844 e. The second kappa shape index (κ2) is 6.07. The first-order valence-electron chi connectivity index (χ1n) is 5.44. The topological polar surface area (TPSA) is 20.2 Å². The molecule has 0 spiro atoms. The fraction of sp³-hybridized carbons (Fsp3) is 0.143. The summed E-state index contributed by atoms with van der Waals surface area (Å²) < 4.78 is 1.02. The van der Waals surface area contributed by atoms with E-state index in [9.17, 15) is 5.11 Å². The minimum absolute atomic E-state index is 0.493. The molecule has 0 aliphatic rings. The first kappa shape index (κ1) is 13.9. The van der Waals surface area contributed by atoms with E-state index in [4.69, 9.17) is 23.2 Å². The van der Waals surface area contributed by atoms with E-state index in [1.807, 2.05) is 24.3 Å². The van der Waals surface area contributed by atoms with E-state index in [1.54, 1.807) is 18.2 Å². The molecule has 4 heteroatoms. The predicted octanol–water partition coefficient (Wildman–Crippen LogP) is 5.03. The number of rotatable bonds is 3. The van der Waals surface area contributed by atoms with Crippen molar-refractivity contribution in [1.82, 2.24) is 0 Å². The van der Waals surface area contributed by atoms with Crippen molar-refractivity contribution < 1.29 is 5.11 Å². The van der Waals surface area contributed by atoms with Crippen molar-refractivity contribution >= 4 is 39.1 Å². The zero-order valence-corrected chi connectivity index (χ0v) is 12.5. The van der Waals surface area contributed by atoms with Crippen LogP contribution in [0.5, 0.6) is 0 Å². The monoisotopic (exact) mass is 344 g/mol. The summed E-state index contributed by atoms with van der Waals surface area (Å²) in [5.74, 6) is 0. The first-order chi connectivity index (χ1) is 8.56. The van der Waals surface area contributed by atoms with Gasteiger partial charge in [-0.2, -0.15) is 0 Å². The molecule has 0 amide bonds. The molecule has 1 atom stereocenters. The minimum Gasteiger partial charge on any atom is -0.388 e. The van der Waals surface area contributed by atoms with Gasteiger partial charge in [-0.05, 0) is 35.4 Å². The van der Waals surface area contributed by atoms with Gasteiger partial charge in [0.1, 0.15) is 0 Å². The zero-order chi connectivity index (χ0) is 13.1. The molecule has 0 saturated heterocycles. The van der Waals surface area contributed by atoms with Crippen molar-refractivity contribution in [3.05, 3.63) is 68.1 Å². The van der Waals surface area contributed by atoms with E-state index < -0.39 is 6.10 Å². The zero-order valence-electron chi connectivity index (χ0n) is 9.41. The third-order valence-electron chi connectivity index (χ3n) is 2.66. The molecule has 1 N–H and O–H groups in total. The van der Waals surface area contributed by atoms with E-state index in [0.717, 1.165) is 10.0 Å². The van der Waals surface area contributed by atoms with E-state index in [0.29, 0.717) is 22.0 Å². The molecule has 2 aromatic rings. The van der Waals surface area contributed by atoms with Gasteiger partial charge in [0, 0.05) is 20.9 Å². The molecular formula is C14H11BrCl2O. The lowest BCUT2D eigenvalue weighted by Gasteiger charge is -2.13. The Kier molecular flexibility index (Phi) is 4.68. The van der Waals surface area contributed by atoms with Gasteiger partial charge in [-0.15, -0.1) is 0 Å². The largest absolute Gasteiger partial charge is 0.388 e. The molecule has 0 bridgehead atoms. The van der Waals surface area contributed by atoms with Gasteiger partial charge in [0.05, 0.1) is 6.10 Å². The van der Waals surface area contributed by atoms with Crippen molar-refractivity contribution in [1.29, 1.82) is 0 Å². The normalized spacial score (nSPS) is 12.4. The molecule has 0 heterocycles. The average Bonchev–Trinajstić information content (AvgIpc) is 2.32. The van der Waals surface area contributed by atoms with Crippen molar-refractivity contribution in [2.24, 2.45) is 0 Å². The lowest BCUT2D eigenvalue weighted by Crippen LogP contribution is -2.02. The fourth-order valence-corrected chi connectivity index (χ4v) is 2.52. The molecule has 0 saturated carbocycles. The van der Waals surface area contributed by atoms with Crippen LogP contribution >= 0.6 is 39.1 Å². The fourth-order valence-electron chi connectivity index (χ4n) is 1.73. The van der Waals surface area contributed by atoms with Crippen LogP contribution in [-0.2, 0) is 6.42 Å². The summed E-state index contributed by atoms with van der Waals surface area (Å²) in [4.78, 5) is 0. The van der Waals surface area contributed by atoms with E-state index in [1.165, 1.54) is 0 Å². The molecule has 2 rings (SSSR count). The number of hydrogen-bond acceptors (Lipinski definition) is 1. The second-order valence-corrected chi connectivity index (χ2v) is 5.77. The third kappa shape index (κ3) is 3.48. The number of aliphatic hydroxyl groups excluding tert-OH is 1. The summed E-state index contributed by atoms with van der Waals surface area (Å²) in [5, 5.41) is 11.2. The molecule has 2 aromatic carbocycles. The quantitative estimate of drug-likeness (QED) is 0.826. The van der Waals surface area contributed by atoms with Crippen LogP contribution in [0, 0.1) is 0 Å². The molecular weight excluding hydrogens is 335 g/mol. The Bertz CT molecular complexity index is 540. The Labute approximate surface area is 124 Å². The number of halogens is 3. The summed E-state index contributed by atoms with van der Waals surface area (Å²) in [6.45, 7) is 0.